The maximum absolute atomic E-state index is 11.5. The number of ether oxygens (including phenoxy) is 1. The van der Waals surface area contributed by atoms with Gasteiger partial charge in [0.15, 0.2) is 5.82 Å². The monoisotopic (exact) mass is 381 g/mol. The molecule has 0 aliphatic heterocycles. The normalized spacial score (nSPS) is 10.8. The van der Waals surface area contributed by atoms with E-state index in [4.69, 9.17) is 4.74 Å². The zero-order valence-electron chi connectivity index (χ0n) is 15.5. The molecule has 0 unspecified atom stereocenters. The molecule has 1 aromatic heterocycles. The number of nitrogens with zero attached hydrogens (tertiary/aromatic N) is 5. The predicted molar refractivity (Wildman–Crippen MR) is 101 cm³/mol. The van der Waals surface area contributed by atoms with Crippen molar-refractivity contribution >= 4 is 11.7 Å². The van der Waals surface area contributed by atoms with E-state index in [-0.39, 0.29) is 11.7 Å². The molecule has 0 radical (unpaired) electrons. The fourth-order valence-corrected chi connectivity index (χ4v) is 2.70. The summed E-state index contributed by atoms with van der Waals surface area (Å²) >= 11 is 0. The summed E-state index contributed by atoms with van der Waals surface area (Å²) in [5.41, 5.74) is 2.30. The van der Waals surface area contributed by atoms with Gasteiger partial charge >= 0.3 is 5.97 Å². The second kappa shape index (κ2) is 8.40. The van der Waals surface area contributed by atoms with Crippen molar-refractivity contribution in [3.63, 3.8) is 0 Å². The molecule has 0 saturated carbocycles. The Kier molecular flexibility index (Phi) is 5.75. The maximum atomic E-state index is 11.5. The second-order valence-electron chi connectivity index (χ2n) is 6.26. The summed E-state index contributed by atoms with van der Waals surface area (Å²) in [6.07, 6.45) is 1.62. The number of esters is 1. The van der Waals surface area contributed by atoms with Crippen LogP contribution in [0.15, 0.2) is 54.9 Å². The molecule has 9 heteroatoms. The van der Waals surface area contributed by atoms with Crippen molar-refractivity contribution in [1.82, 2.24) is 19.7 Å². The van der Waals surface area contributed by atoms with Crippen LogP contribution in [0.2, 0.25) is 0 Å². The average molecular weight is 381 g/mol. The highest BCUT2D eigenvalue weighted by molar-refractivity contribution is 5.89. The van der Waals surface area contributed by atoms with Crippen molar-refractivity contribution in [1.29, 1.82) is 0 Å². The molecule has 1 heterocycles. The molecule has 0 atom stereocenters. The molecule has 3 rings (SSSR count). The van der Waals surface area contributed by atoms with Crippen molar-refractivity contribution in [3.8, 4) is 11.4 Å². The third-order valence-corrected chi connectivity index (χ3v) is 4.09. The lowest BCUT2D eigenvalue weighted by Crippen LogP contribution is -2.22. The van der Waals surface area contributed by atoms with Crippen LogP contribution in [0, 0.1) is 10.1 Å². The van der Waals surface area contributed by atoms with Crippen molar-refractivity contribution < 1.29 is 14.5 Å². The molecule has 0 aliphatic rings. The lowest BCUT2D eigenvalue weighted by molar-refractivity contribution is -0.384. The Hall–Kier alpha value is -3.59. The van der Waals surface area contributed by atoms with Gasteiger partial charge in [0, 0.05) is 24.2 Å². The maximum Gasteiger partial charge on any atom is 0.337 e. The Bertz CT molecular complexity index is 967. The van der Waals surface area contributed by atoms with Gasteiger partial charge in [0.2, 0.25) is 0 Å². The fourth-order valence-electron chi connectivity index (χ4n) is 2.70. The van der Waals surface area contributed by atoms with Crippen molar-refractivity contribution in [2.24, 2.45) is 0 Å². The number of hydrogen-bond donors (Lipinski definition) is 0. The summed E-state index contributed by atoms with van der Waals surface area (Å²) in [4.78, 5) is 28.1. The highest BCUT2D eigenvalue weighted by Crippen LogP contribution is 2.19. The number of nitro benzene ring substituents is 1. The molecule has 0 saturated heterocycles. The first-order valence-corrected chi connectivity index (χ1v) is 8.46. The van der Waals surface area contributed by atoms with E-state index >= 15 is 0 Å². The Morgan fingerprint density at radius 2 is 1.86 bits per heavy atom. The van der Waals surface area contributed by atoms with Gasteiger partial charge in [-0.3, -0.25) is 15.0 Å². The minimum atomic E-state index is -0.442. The number of carbonyl (C=O) groups excluding carboxylic acids is 1. The molecule has 0 spiro atoms. The van der Waals surface area contributed by atoms with Crippen LogP contribution >= 0.6 is 0 Å². The SMILES string of the molecule is COC(=O)c1ccc(CN(C)Cn2cnc(-c3ccc([N+](=O)[O-])cc3)n2)cc1. The molecule has 0 fully saturated rings. The van der Waals surface area contributed by atoms with Crippen LogP contribution in [0.3, 0.4) is 0 Å². The van der Waals surface area contributed by atoms with Crippen molar-refractivity contribution in [2.45, 2.75) is 13.2 Å². The van der Waals surface area contributed by atoms with Gasteiger partial charge in [0.05, 0.1) is 24.3 Å². The minimum Gasteiger partial charge on any atom is -0.465 e. The van der Waals surface area contributed by atoms with Crippen LogP contribution in [-0.4, -0.2) is 44.7 Å². The van der Waals surface area contributed by atoms with Crippen molar-refractivity contribution in [2.75, 3.05) is 14.2 Å². The fraction of sp³-hybridized carbons (Fsp3) is 0.211. The lowest BCUT2D eigenvalue weighted by Gasteiger charge is -2.16. The van der Waals surface area contributed by atoms with Gasteiger partial charge in [-0.2, -0.15) is 0 Å². The van der Waals surface area contributed by atoms with Crippen LogP contribution in [-0.2, 0) is 18.0 Å². The van der Waals surface area contributed by atoms with Crippen LogP contribution in [0.5, 0.6) is 0 Å². The topological polar surface area (TPSA) is 103 Å². The average Bonchev–Trinajstić information content (AvgIpc) is 3.16. The number of aromatic nitrogens is 3. The molecule has 2 aromatic carbocycles. The summed E-state index contributed by atoms with van der Waals surface area (Å²) in [5, 5.41) is 15.2. The Morgan fingerprint density at radius 1 is 1.18 bits per heavy atom. The molecule has 0 bridgehead atoms. The molecular formula is C19H19N5O4. The van der Waals surface area contributed by atoms with E-state index < -0.39 is 4.92 Å². The van der Waals surface area contributed by atoms with Crippen molar-refractivity contribution in [3.05, 3.63) is 76.1 Å². The van der Waals surface area contributed by atoms with E-state index in [1.54, 1.807) is 35.3 Å². The zero-order chi connectivity index (χ0) is 20.1. The van der Waals surface area contributed by atoms with Crippen LogP contribution < -0.4 is 0 Å². The molecular weight excluding hydrogens is 362 g/mol. The summed E-state index contributed by atoms with van der Waals surface area (Å²) in [7, 11) is 3.30. The van der Waals surface area contributed by atoms with Gasteiger partial charge in [-0.1, -0.05) is 12.1 Å². The van der Waals surface area contributed by atoms with Gasteiger partial charge in [0.1, 0.15) is 6.33 Å². The minimum absolute atomic E-state index is 0.0288. The molecule has 3 aromatic rings. The molecule has 144 valence electrons. The van der Waals surface area contributed by atoms with Gasteiger partial charge in [-0.25, -0.2) is 14.5 Å². The first-order chi connectivity index (χ1) is 13.5. The number of rotatable bonds is 7. The Balaban J connectivity index is 1.61. The van der Waals surface area contributed by atoms with Crippen LogP contribution in [0.4, 0.5) is 5.69 Å². The lowest BCUT2D eigenvalue weighted by atomic mass is 10.1. The van der Waals surface area contributed by atoms with E-state index in [2.05, 4.69) is 10.1 Å². The summed E-state index contributed by atoms with van der Waals surface area (Å²) in [6.45, 7) is 1.17. The summed E-state index contributed by atoms with van der Waals surface area (Å²) in [6, 6.07) is 13.3. The summed E-state index contributed by atoms with van der Waals surface area (Å²) in [5.74, 6) is 0.145. The van der Waals surface area contributed by atoms with E-state index in [0.29, 0.717) is 30.2 Å². The highest BCUT2D eigenvalue weighted by Gasteiger charge is 2.10. The quantitative estimate of drug-likeness (QED) is 0.352. The van der Waals surface area contributed by atoms with E-state index in [1.165, 1.54) is 19.2 Å². The third kappa shape index (κ3) is 4.57. The number of carbonyl (C=O) groups is 1. The largest absolute Gasteiger partial charge is 0.465 e. The number of nitro groups is 1. The molecule has 0 N–H and O–H groups in total. The second-order valence-corrected chi connectivity index (χ2v) is 6.26. The molecule has 28 heavy (non-hydrogen) atoms. The van der Waals surface area contributed by atoms with E-state index in [0.717, 1.165) is 5.56 Å². The van der Waals surface area contributed by atoms with Crippen LogP contribution in [0.1, 0.15) is 15.9 Å². The zero-order valence-corrected chi connectivity index (χ0v) is 15.5. The van der Waals surface area contributed by atoms with Gasteiger partial charge in [-0.05, 0) is 36.9 Å². The number of methoxy groups -OCH3 is 1. The third-order valence-electron chi connectivity index (χ3n) is 4.09. The smallest absolute Gasteiger partial charge is 0.337 e. The Morgan fingerprint density at radius 3 is 2.46 bits per heavy atom. The molecule has 0 amide bonds. The van der Waals surface area contributed by atoms with Gasteiger partial charge in [-0.15, -0.1) is 5.10 Å². The Labute approximate surface area is 161 Å². The van der Waals surface area contributed by atoms with E-state index in [9.17, 15) is 14.9 Å². The first kappa shape index (κ1) is 19.2. The predicted octanol–water partition coefficient (Wildman–Crippen LogP) is 2.73. The number of hydrogen-bond acceptors (Lipinski definition) is 7. The summed E-state index contributed by atoms with van der Waals surface area (Å²) < 4.78 is 6.39. The van der Waals surface area contributed by atoms with Gasteiger partial charge < -0.3 is 4.74 Å². The number of non-ortho nitro benzene ring substituents is 1. The van der Waals surface area contributed by atoms with E-state index in [1.807, 2.05) is 24.1 Å². The standard InChI is InChI=1S/C19H19N5O4/c1-22(11-14-3-5-16(6-4-14)19(25)28-2)13-23-12-20-18(21-23)15-7-9-17(10-8-15)24(26)27/h3-10,12H,11,13H2,1-2H3. The van der Waals surface area contributed by atoms with Gasteiger partial charge in [0.25, 0.3) is 5.69 Å². The highest BCUT2D eigenvalue weighted by atomic mass is 16.6. The molecule has 9 nitrogen and oxygen atoms in total. The van der Waals surface area contributed by atoms with Crippen LogP contribution in [0.25, 0.3) is 11.4 Å². The first-order valence-electron chi connectivity index (χ1n) is 8.46. The molecule has 0 aliphatic carbocycles. The number of benzene rings is 2.